The predicted molar refractivity (Wildman–Crippen MR) is 121 cm³/mol. The van der Waals surface area contributed by atoms with Crippen molar-refractivity contribution in [3.8, 4) is 0 Å². The van der Waals surface area contributed by atoms with E-state index in [-0.39, 0.29) is 18.7 Å². The van der Waals surface area contributed by atoms with Crippen molar-refractivity contribution in [2.75, 3.05) is 23.7 Å². The molecule has 3 rings (SSSR count). The number of rotatable bonds is 9. The first-order valence-electron chi connectivity index (χ1n) is 10.6. The molecule has 168 valence electrons. The first-order chi connectivity index (χ1) is 14.8. The second-order valence-corrected chi connectivity index (χ2v) is 9.81. The summed E-state index contributed by atoms with van der Waals surface area (Å²) < 4.78 is 40.0. The summed E-state index contributed by atoms with van der Waals surface area (Å²) in [7, 11) is -3.87. The summed E-state index contributed by atoms with van der Waals surface area (Å²) in [5.74, 6) is -1.15. The monoisotopic (exact) mass is 447 g/mol. The molecule has 1 aliphatic rings. The molecule has 0 aromatic heterocycles. The number of hydrogen-bond donors (Lipinski definition) is 1. The molecule has 1 atom stereocenters. The van der Waals surface area contributed by atoms with E-state index in [2.05, 4.69) is 22.3 Å². The van der Waals surface area contributed by atoms with Crippen molar-refractivity contribution < 1.29 is 17.6 Å². The van der Waals surface area contributed by atoms with Gasteiger partial charge in [0.05, 0.1) is 11.9 Å². The van der Waals surface area contributed by atoms with Gasteiger partial charge in [0.15, 0.2) is 0 Å². The van der Waals surface area contributed by atoms with Crippen LogP contribution in [0.5, 0.6) is 0 Å². The van der Waals surface area contributed by atoms with Crippen LogP contribution in [0.25, 0.3) is 0 Å². The minimum absolute atomic E-state index is 0.127. The van der Waals surface area contributed by atoms with Crippen LogP contribution in [0.15, 0.2) is 48.5 Å². The molecule has 1 saturated heterocycles. The summed E-state index contributed by atoms with van der Waals surface area (Å²) in [6, 6.07) is 12.6. The number of halogens is 1. The molecule has 1 fully saturated rings. The van der Waals surface area contributed by atoms with Crippen LogP contribution in [0.3, 0.4) is 0 Å². The van der Waals surface area contributed by atoms with Crippen molar-refractivity contribution in [1.29, 1.82) is 0 Å². The normalized spacial score (nSPS) is 15.6. The lowest BCUT2D eigenvalue weighted by Gasteiger charge is -2.30. The zero-order chi connectivity index (χ0) is 22.4. The number of carbonyl (C=O) groups excluding carboxylic acids is 1. The van der Waals surface area contributed by atoms with E-state index in [1.807, 2.05) is 12.1 Å². The number of amides is 1. The van der Waals surface area contributed by atoms with Gasteiger partial charge in [0.25, 0.3) is 0 Å². The molecule has 0 radical (unpaired) electrons. The summed E-state index contributed by atoms with van der Waals surface area (Å²) in [5, 5.41) is 2.81. The first-order valence-corrected chi connectivity index (χ1v) is 12.5. The van der Waals surface area contributed by atoms with Gasteiger partial charge in [-0.3, -0.25) is 14.0 Å². The summed E-state index contributed by atoms with van der Waals surface area (Å²) >= 11 is 0. The second-order valence-electron chi connectivity index (χ2n) is 7.95. The van der Waals surface area contributed by atoms with Crippen LogP contribution in [-0.4, -0.2) is 44.6 Å². The molecule has 2 aromatic rings. The third kappa shape index (κ3) is 6.04. The largest absolute Gasteiger partial charge is 0.350 e. The van der Waals surface area contributed by atoms with Gasteiger partial charge in [-0.25, -0.2) is 12.8 Å². The molecule has 0 saturated carbocycles. The van der Waals surface area contributed by atoms with Crippen molar-refractivity contribution in [3.63, 3.8) is 0 Å². The van der Waals surface area contributed by atoms with Crippen LogP contribution in [0, 0.1) is 5.82 Å². The van der Waals surface area contributed by atoms with Gasteiger partial charge in [0, 0.05) is 13.1 Å². The highest BCUT2D eigenvalue weighted by Gasteiger charge is 2.32. The minimum atomic E-state index is -3.87. The molecule has 1 heterocycles. The SMILES string of the molecule is CC[C@@H](C(=O)NCc1ccc(CN2CCCC2)cc1)N(c1ccccc1F)S(C)(=O)=O. The smallest absolute Gasteiger partial charge is 0.244 e. The number of benzene rings is 2. The van der Waals surface area contributed by atoms with Gasteiger partial charge in [-0.2, -0.15) is 0 Å². The third-order valence-corrected chi connectivity index (χ3v) is 6.68. The molecule has 6 nitrogen and oxygen atoms in total. The lowest BCUT2D eigenvalue weighted by Crippen LogP contribution is -2.49. The number of hydrogen-bond acceptors (Lipinski definition) is 4. The fourth-order valence-corrected chi connectivity index (χ4v) is 5.15. The Morgan fingerprint density at radius 3 is 2.29 bits per heavy atom. The number of para-hydroxylation sites is 1. The van der Waals surface area contributed by atoms with Crippen molar-refractivity contribution in [2.45, 2.75) is 45.3 Å². The van der Waals surface area contributed by atoms with Crippen LogP contribution in [-0.2, 0) is 27.9 Å². The highest BCUT2D eigenvalue weighted by Crippen LogP contribution is 2.25. The van der Waals surface area contributed by atoms with Crippen LogP contribution >= 0.6 is 0 Å². The molecule has 2 aromatic carbocycles. The minimum Gasteiger partial charge on any atom is -0.350 e. The molecule has 31 heavy (non-hydrogen) atoms. The Bertz CT molecular complexity index is 989. The van der Waals surface area contributed by atoms with E-state index in [0.717, 1.165) is 35.8 Å². The van der Waals surface area contributed by atoms with E-state index < -0.39 is 27.8 Å². The Morgan fingerprint density at radius 2 is 1.71 bits per heavy atom. The van der Waals surface area contributed by atoms with Crippen molar-refractivity contribution in [1.82, 2.24) is 10.2 Å². The molecule has 1 aliphatic heterocycles. The number of likely N-dealkylation sites (tertiary alicyclic amines) is 1. The topological polar surface area (TPSA) is 69.7 Å². The van der Waals surface area contributed by atoms with Gasteiger partial charge in [-0.1, -0.05) is 43.3 Å². The zero-order valence-electron chi connectivity index (χ0n) is 18.1. The van der Waals surface area contributed by atoms with E-state index in [9.17, 15) is 17.6 Å². The number of nitrogens with zero attached hydrogens (tertiary/aromatic N) is 2. The Hall–Kier alpha value is -2.45. The van der Waals surface area contributed by atoms with Crippen LogP contribution < -0.4 is 9.62 Å². The maximum Gasteiger partial charge on any atom is 0.244 e. The van der Waals surface area contributed by atoms with E-state index in [0.29, 0.717) is 0 Å². The lowest BCUT2D eigenvalue weighted by molar-refractivity contribution is -0.122. The summed E-state index contributed by atoms with van der Waals surface area (Å²) in [6.07, 6.45) is 3.69. The maximum atomic E-state index is 14.3. The van der Waals surface area contributed by atoms with Gasteiger partial charge < -0.3 is 5.32 Å². The quantitative estimate of drug-likeness (QED) is 0.641. The van der Waals surface area contributed by atoms with Gasteiger partial charge >= 0.3 is 0 Å². The highest BCUT2D eigenvalue weighted by atomic mass is 32.2. The molecular weight excluding hydrogens is 417 g/mol. The number of anilines is 1. The van der Waals surface area contributed by atoms with Gasteiger partial charge in [-0.15, -0.1) is 0 Å². The standard InChI is InChI=1S/C23H30FN3O3S/c1-3-21(27(31(2,29)30)22-9-5-4-8-20(22)24)23(28)25-16-18-10-12-19(13-11-18)17-26-14-6-7-15-26/h4-5,8-13,21H,3,6-7,14-17H2,1-2H3,(H,25,28)/t21-/m0/s1. The van der Waals surface area contributed by atoms with Crippen molar-refractivity contribution >= 4 is 21.6 Å². The van der Waals surface area contributed by atoms with Crippen LogP contribution in [0.1, 0.15) is 37.3 Å². The van der Waals surface area contributed by atoms with Crippen molar-refractivity contribution in [2.24, 2.45) is 0 Å². The van der Waals surface area contributed by atoms with E-state index >= 15 is 0 Å². The Labute approximate surface area is 184 Å². The summed E-state index contributed by atoms with van der Waals surface area (Å²) in [5.41, 5.74) is 2.02. The molecule has 1 amide bonds. The molecule has 0 bridgehead atoms. The Morgan fingerprint density at radius 1 is 1.10 bits per heavy atom. The van der Waals surface area contributed by atoms with Gasteiger partial charge in [0.2, 0.25) is 15.9 Å². The Balaban J connectivity index is 1.67. The van der Waals surface area contributed by atoms with E-state index in [4.69, 9.17) is 0 Å². The van der Waals surface area contributed by atoms with E-state index in [1.54, 1.807) is 13.0 Å². The van der Waals surface area contributed by atoms with E-state index in [1.165, 1.54) is 36.6 Å². The molecule has 0 aliphatic carbocycles. The average molecular weight is 448 g/mol. The predicted octanol–water partition coefficient (Wildman–Crippen LogP) is 3.28. The number of nitrogens with one attached hydrogen (secondary N) is 1. The zero-order valence-corrected chi connectivity index (χ0v) is 18.9. The Kier molecular flexibility index (Phi) is 7.67. The highest BCUT2D eigenvalue weighted by molar-refractivity contribution is 7.92. The molecule has 0 unspecified atom stereocenters. The average Bonchev–Trinajstić information content (AvgIpc) is 3.24. The molecule has 0 spiro atoms. The summed E-state index contributed by atoms with van der Waals surface area (Å²) in [4.78, 5) is 15.3. The number of carbonyl (C=O) groups is 1. The van der Waals surface area contributed by atoms with Gasteiger partial charge in [0.1, 0.15) is 11.9 Å². The second kappa shape index (κ2) is 10.2. The maximum absolute atomic E-state index is 14.3. The molecule has 8 heteroatoms. The van der Waals surface area contributed by atoms with Crippen LogP contribution in [0.2, 0.25) is 0 Å². The fourth-order valence-electron chi connectivity index (χ4n) is 3.93. The fraction of sp³-hybridized carbons (Fsp3) is 0.435. The summed E-state index contributed by atoms with van der Waals surface area (Å²) in [6.45, 7) is 5.17. The van der Waals surface area contributed by atoms with Crippen LogP contribution in [0.4, 0.5) is 10.1 Å². The molecule has 1 N–H and O–H groups in total. The number of sulfonamides is 1. The first kappa shape index (κ1) is 23.2. The lowest BCUT2D eigenvalue weighted by atomic mass is 10.1. The molecular formula is C23H30FN3O3S. The third-order valence-electron chi connectivity index (χ3n) is 5.51. The van der Waals surface area contributed by atoms with Crippen molar-refractivity contribution in [3.05, 3.63) is 65.5 Å². The van der Waals surface area contributed by atoms with Gasteiger partial charge in [-0.05, 0) is 55.6 Å².